The predicted octanol–water partition coefficient (Wildman–Crippen LogP) is 1.69. The maximum Gasteiger partial charge on any atom is 0.422 e. The number of nitrogens with zero attached hydrogens (tertiary/aromatic N) is 3. The van der Waals surface area contributed by atoms with Crippen LogP contribution in [0.5, 0.6) is 11.5 Å². The number of alkyl halides is 3. The quantitative estimate of drug-likeness (QED) is 0.530. The minimum atomic E-state index is -4.77. The highest BCUT2D eigenvalue weighted by molar-refractivity contribution is 7.89. The fourth-order valence-corrected chi connectivity index (χ4v) is 4.80. The smallest absolute Gasteiger partial charge is 0.422 e. The van der Waals surface area contributed by atoms with Gasteiger partial charge in [-0.05, 0) is 24.3 Å². The molecule has 0 saturated carbocycles. The van der Waals surface area contributed by atoms with Gasteiger partial charge in [0.1, 0.15) is 23.6 Å². The van der Waals surface area contributed by atoms with Crippen LogP contribution in [0.15, 0.2) is 41.3 Å². The van der Waals surface area contributed by atoms with Crippen LogP contribution in [-0.4, -0.2) is 67.1 Å². The molecule has 1 unspecified atom stereocenters. The van der Waals surface area contributed by atoms with E-state index in [4.69, 9.17) is 15.3 Å². The second-order valence-corrected chi connectivity index (χ2v) is 9.53. The van der Waals surface area contributed by atoms with Gasteiger partial charge in [0.05, 0.1) is 35.2 Å². The van der Waals surface area contributed by atoms with Gasteiger partial charge in [0.25, 0.3) is 0 Å². The first-order chi connectivity index (χ1) is 16.3. The largest absolute Gasteiger partial charge is 0.482 e. The van der Waals surface area contributed by atoms with Crippen molar-refractivity contribution in [2.45, 2.75) is 22.8 Å². The van der Waals surface area contributed by atoms with Crippen molar-refractivity contribution >= 4 is 10.0 Å². The molecule has 0 spiro atoms. The zero-order valence-corrected chi connectivity index (χ0v) is 18.5. The maximum atomic E-state index is 14.2. The number of β-amino-alcohol motifs (C(OH)–C–C–N with tert-alkyl or cyclic N) is 1. The highest BCUT2D eigenvalue weighted by Crippen LogP contribution is 2.36. The first kappa shape index (κ1) is 26.2. The molecule has 1 aliphatic rings. The van der Waals surface area contributed by atoms with E-state index in [1.807, 2.05) is 6.07 Å². The summed E-state index contributed by atoms with van der Waals surface area (Å²) in [5.41, 5.74) is -2.65. The Kier molecular flexibility index (Phi) is 7.23. The Bertz CT molecular complexity index is 1290. The Morgan fingerprint density at radius 1 is 1.14 bits per heavy atom. The summed E-state index contributed by atoms with van der Waals surface area (Å²) in [5.74, 6) is -2.47. The summed E-state index contributed by atoms with van der Waals surface area (Å²) >= 11 is 0. The van der Waals surface area contributed by atoms with E-state index in [0.717, 1.165) is 4.31 Å². The summed E-state index contributed by atoms with van der Waals surface area (Å²) in [6.07, 6.45) is -6.33. The van der Waals surface area contributed by atoms with Gasteiger partial charge in [-0.15, -0.1) is 0 Å². The number of hydrogen-bond donors (Lipinski definition) is 2. The van der Waals surface area contributed by atoms with E-state index in [-0.39, 0.29) is 10.5 Å². The second kappa shape index (κ2) is 9.67. The fraction of sp³-hybridized carbons (Fsp3) is 0.333. The summed E-state index contributed by atoms with van der Waals surface area (Å²) in [6.45, 7) is -4.03. The standard InChI is InChI=1S/C21H17F4N3O6S/c22-16-6-18(17(5-14(16)8-27)33-12-21(23,24)25)34-19-9-28(10-20(19,30)11-29)35(31,32)15-3-1-13(7-26)2-4-15/h1-6,19,29-30H,9-12H2/t19?,20-/m1/s1. The molecule has 3 rings (SSSR count). The molecule has 2 N–H and O–H groups in total. The molecule has 1 aliphatic heterocycles. The molecule has 2 aromatic rings. The zero-order chi connectivity index (χ0) is 26.0. The number of benzene rings is 2. The number of nitriles is 2. The molecule has 186 valence electrons. The van der Waals surface area contributed by atoms with Crippen LogP contribution >= 0.6 is 0 Å². The molecule has 0 amide bonds. The molecule has 0 aliphatic carbocycles. The monoisotopic (exact) mass is 515 g/mol. The lowest BCUT2D eigenvalue weighted by atomic mass is 10.0. The summed E-state index contributed by atoms with van der Waals surface area (Å²) in [5, 5.41) is 38.4. The van der Waals surface area contributed by atoms with E-state index < -0.39 is 77.1 Å². The fourth-order valence-electron chi connectivity index (χ4n) is 3.30. The number of hydrogen-bond acceptors (Lipinski definition) is 8. The lowest BCUT2D eigenvalue weighted by Gasteiger charge is -2.28. The first-order valence-corrected chi connectivity index (χ1v) is 11.2. The number of sulfonamides is 1. The SMILES string of the molecule is N#Cc1ccc(S(=O)(=O)N2CC(Oc3cc(F)c(C#N)cc3OCC(F)(F)F)[C@](O)(CO)C2)cc1. The Morgan fingerprint density at radius 3 is 2.34 bits per heavy atom. The van der Waals surface area contributed by atoms with Gasteiger partial charge in [-0.25, -0.2) is 12.8 Å². The topological polar surface area (TPSA) is 144 Å². The lowest BCUT2D eigenvalue weighted by Crippen LogP contribution is -2.48. The summed E-state index contributed by atoms with van der Waals surface area (Å²) < 4.78 is 89.0. The molecular weight excluding hydrogens is 498 g/mol. The maximum absolute atomic E-state index is 14.2. The van der Waals surface area contributed by atoms with Crippen LogP contribution in [0.2, 0.25) is 0 Å². The van der Waals surface area contributed by atoms with Crippen LogP contribution in [0.4, 0.5) is 17.6 Å². The van der Waals surface area contributed by atoms with Crippen LogP contribution < -0.4 is 9.47 Å². The van der Waals surface area contributed by atoms with E-state index in [1.54, 1.807) is 0 Å². The number of aliphatic hydroxyl groups is 2. The number of halogens is 4. The molecule has 0 radical (unpaired) electrons. The third-order valence-corrected chi connectivity index (χ3v) is 6.95. The predicted molar refractivity (Wildman–Crippen MR) is 109 cm³/mol. The van der Waals surface area contributed by atoms with Crippen LogP contribution in [0.3, 0.4) is 0 Å². The van der Waals surface area contributed by atoms with Gasteiger partial charge in [0.15, 0.2) is 18.1 Å². The minimum absolute atomic E-state index is 0.202. The summed E-state index contributed by atoms with van der Waals surface area (Å²) in [4.78, 5) is -0.226. The third-order valence-electron chi connectivity index (χ3n) is 5.13. The van der Waals surface area contributed by atoms with Crippen LogP contribution in [0.1, 0.15) is 11.1 Å². The minimum Gasteiger partial charge on any atom is -0.482 e. The first-order valence-electron chi connectivity index (χ1n) is 9.76. The van der Waals surface area contributed by atoms with Crippen molar-refractivity contribution in [1.82, 2.24) is 4.31 Å². The molecule has 0 bridgehead atoms. The molecule has 35 heavy (non-hydrogen) atoms. The Balaban J connectivity index is 1.93. The number of rotatable bonds is 7. The molecule has 2 atom stereocenters. The average Bonchev–Trinajstić information content (AvgIpc) is 3.15. The van der Waals surface area contributed by atoms with Crippen LogP contribution in [0, 0.1) is 28.5 Å². The normalized spacial score (nSPS) is 20.7. The van der Waals surface area contributed by atoms with Crippen LogP contribution in [0.25, 0.3) is 0 Å². The van der Waals surface area contributed by atoms with E-state index in [2.05, 4.69) is 4.74 Å². The highest BCUT2D eigenvalue weighted by Gasteiger charge is 2.51. The Morgan fingerprint density at radius 2 is 1.80 bits per heavy atom. The molecular formula is C21H17F4N3O6S. The molecule has 14 heteroatoms. The zero-order valence-electron chi connectivity index (χ0n) is 17.7. The summed E-state index contributed by atoms with van der Waals surface area (Å²) in [7, 11) is -4.25. The van der Waals surface area contributed by atoms with Gasteiger partial charge in [-0.3, -0.25) is 0 Å². The van der Waals surface area contributed by atoms with E-state index >= 15 is 0 Å². The van der Waals surface area contributed by atoms with Crippen molar-refractivity contribution in [3.8, 4) is 23.6 Å². The van der Waals surface area contributed by atoms with Crippen molar-refractivity contribution in [1.29, 1.82) is 10.5 Å². The highest BCUT2D eigenvalue weighted by atomic mass is 32.2. The van der Waals surface area contributed by atoms with Crippen molar-refractivity contribution in [3.05, 3.63) is 53.3 Å². The average molecular weight is 515 g/mol. The third kappa shape index (κ3) is 5.63. The van der Waals surface area contributed by atoms with Gasteiger partial charge < -0.3 is 19.7 Å². The molecule has 1 heterocycles. The molecule has 1 fully saturated rings. The molecule has 9 nitrogen and oxygen atoms in total. The molecule has 1 saturated heterocycles. The number of aliphatic hydroxyl groups excluding tert-OH is 1. The van der Waals surface area contributed by atoms with Gasteiger partial charge >= 0.3 is 6.18 Å². The second-order valence-electron chi connectivity index (χ2n) is 7.60. The van der Waals surface area contributed by atoms with Gasteiger partial charge in [-0.2, -0.15) is 28.0 Å². The number of ether oxygens (including phenoxy) is 2. The van der Waals surface area contributed by atoms with Crippen molar-refractivity contribution in [3.63, 3.8) is 0 Å². The van der Waals surface area contributed by atoms with Crippen LogP contribution in [-0.2, 0) is 10.0 Å². The van der Waals surface area contributed by atoms with Gasteiger partial charge in [0.2, 0.25) is 10.0 Å². The molecule has 0 aromatic heterocycles. The van der Waals surface area contributed by atoms with E-state index in [0.29, 0.717) is 12.1 Å². The Labute approximate surface area is 197 Å². The Hall–Kier alpha value is -3.43. The van der Waals surface area contributed by atoms with Gasteiger partial charge in [0, 0.05) is 18.7 Å². The van der Waals surface area contributed by atoms with Gasteiger partial charge in [-0.1, -0.05) is 0 Å². The van der Waals surface area contributed by atoms with E-state index in [9.17, 15) is 36.2 Å². The summed E-state index contributed by atoms with van der Waals surface area (Å²) in [6, 6.07) is 9.38. The van der Waals surface area contributed by atoms with Crippen molar-refractivity contribution in [2.75, 3.05) is 26.3 Å². The lowest BCUT2D eigenvalue weighted by molar-refractivity contribution is -0.153. The van der Waals surface area contributed by atoms with Crippen molar-refractivity contribution in [2.24, 2.45) is 0 Å². The molecule has 2 aromatic carbocycles. The van der Waals surface area contributed by atoms with Crippen molar-refractivity contribution < 1.29 is 45.7 Å². The van der Waals surface area contributed by atoms with E-state index in [1.165, 1.54) is 30.3 Å².